The van der Waals surface area contributed by atoms with E-state index >= 15 is 0 Å². The largest absolute Gasteiger partial charge is 0.438 e. The minimum absolute atomic E-state index is 0.127. The van der Waals surface area contributed by atoms with Crippen LogP contribution in [0.2, 0.25) is 0 Å². The maximum atomic E-state index is 11.8. The molecule has 0 atom stereocenters. The minimum atomic E-state index is 0.127. The normalized spacial score (nSPS) is 11.4. The number of rotatable bonds is 8. The average Bonchev–Trinajstić information content (AvgIpc) is 2.99. The summed E-state index contributed by atoms with van der Waals surface area (Å²) < 4.78 is 6.17. The van der Waals surface area contributed by atoms with Gasteiger partial charge in [0.15, 0.2) is 5.78 Å². The van der Waals surface area contributed by atoms with Crippen molar-refractivity contribution in [3.05, 3.63) is 46.1 Å². The van der Waals surface area contributed by atoms with Gasteiger partial charge in [0.1, 0.15) is 16.4 Å². The minimum Gasteiger partial charge on any atom is -0.438 e. The Balaban J connectivity index is 1.99. The Morgan fingerprint density at radius 1 is 1.07 bits per heavy atom. The molecule has 6 heteroatoms. The molecule has 0 spiro atoms. The summed E-state index contributed by atoms with van der Waals surface area (Å²) >= 11 is 1.67. The van der Waals surface area contributed by atoms with Crippen LogP contribution in [0.1, 0.15) is 53.8 Å². The summed E-state index contributed by atoms with van der Waals surface area (Å²) in [6.45, 7) is 12.9. The molecule has 0 N–H and O–H groups in total. The van der Waals surface area contributed by atoms with Gasteiger partial charge >= 0.3 is 0 Å². The summed E-state index contributed by atoms with van der Waals surface area (Å²) in [6.07, 6.45) is 0.495. The van der Waals surface area contributed by atoms with Crippen molar-refractivity contribution >= 4 is 27.3 Å². The fourth-order valence-electron chi connectivity index (χ4n) is 3.07. The van der Waals surface area contributed by atoms with Crippen LogP contribution in [-0.2, 0) is 6.54 Å². The smallest absolute Gasteiger partial charge is 0.231 e. The topological polar surface area (TPSA) is 55.3 Å². The number of thiophene rings is 1. The third-order valence-corrected chi connectivity index (χ3v) is 6.11. The lowest BCUT2D eigenvalue weighted by Gasteiger charge is -2.17. The van der Waals surface area contributed by atoms with Crippen LogP contribution in [0.15, 0.2) is 24.3 Å². The van der Waals surface area contributed by atoms with E-state index in [-0.39, 0.29) is 5.78 Å². The SMILES string of the molecule is CCC(=O)c1ccc(Oc2nc(CN(CC)CC)nc3sc(C)c(C)c23)cc1. The molecule has 0 aliphatic carbocycles. The highest BCUT2D eigenvalue weighted by Gasteiger charge is 2.17. The number of ether oxygens (including phenoxy) is 1. The van der Waals surface area contributed by atoms with Crippen LogP contribution in [0.5, 0.6) is 11.6 Å². The van der Waals surface area contributed by atoms with Gasteiger partial charge in [0.2, 0.25) is 5.88 Å². The molecule has 5 nitrogen and oxygen atoms in total. The molecular weight excluding hydrogens is 370 g/mol. The number of benzene rings is 1. The van der Waals surface area contributed by atoms with E-state index in [4.69, 9.17) is 14.7 Å². The van der Waals surface area contributed by atoms with Crippen LogP contribution in [0, 0.1) is 13.8 Å². The van der Waals surface area contributed by atoms with Crippen molar-refractivity contribution in [3.8, 4) is 11.6 Å². The standard InChI is InChI=1S/C22H27N3O2S/c1-6-18(26)16-9-11-17(12-10-16)27-21-20-14(4)15(5)28-22(20)24-19(23-21)13-25(7-2)8-3/h9-12H,6-8,13H2,1-5H3. The van der Waals surface area contributed by atoms with Crippen molar-refractivity contribution in [2.24, 2.45) is 0 Å². The summed E-state index contributed by atoms with van der Waals surface area (Å²) in [6, 6.07) is 7.27. The lowest BCUT2D eigenvalue weighted by molar-refractivity contribution is 0.0988. The first-order chi connectivity index (χ1) is 13.5. The second kappa shape index (κ2) is 8.80. The van der Waals surface area contributed by atoms with E-state index in [1.54, 1.807) is 11.3 Å². The summed E-state index contributed by atoms with van der Waals surface area (Å²) in [5, 5.41) is 0.972. The Bertz CT molecular complexity index is 976. The number of carbonyl (C=O) groups is 1. The zero-order valence-electron chi connectivity index (χ0n) is 17.2. The fourth-order valence-corrected chi connectivity index (χ4v) is 4.11. The number of hydrogen-bond acceptors (Lipinski definition) is 6. The van der Waals surface area contributed by atoms with Crippen LogP contribution in [0.4, 0.5) is 0 Å². The third-order valence-electron chi connectivity index (χ3n) is 5.01. The Labute approximate surface area is 170 Å². The van der Waals surface area contributed by atoms with Gasteiger partial charge in [-0.25, -0.2) is 4.98 Å². The van der Waals surface area contributed by atoms with Gasteiger partial charge in [0.05, 0.1) is 11.9 Å². The highest BCUT2D eigenvalue weighted by molar-refractivity contribution is 7.18. The molecule has 0 saturated carbocycles. The van der Waals surface area contributed by atoms with Crippen molar-refractivity contribution < 1.29 is 9.53 Å². The van der Waals surface area contributed by atoms with E-state index in [1.165, 1.54) is 4.88 Å². The molecule has 148 valence electrons. The number of aromatic nitrogens is 2. The Kier molecular flexibility index (Phi) is 6.42. The summed E-state index contributed by atoms with van der Waals surface area (Å²) in [5.41, 5.74) is 1.86. The van der Waals surface area contributed by atoms with Gasteiger partial charge in [0, 0.05) is 16.9 Å². The number of aryl methyl sites for hydroxylation is 2. The number of ketones is 1. The highest BCUT2D eigenvalue weighted by Crippen LogP contribution is 2.36. The molecule has 0 aliphatic rings. The molecule has 2 heterocycles. The van der Waals surface area contributed by atoms with Gasteiger partial charge in [-0.2, -0.15) is 4.98 Å². The number of fused-ring (bicyclic) bond motifs is 1. The van der Waals surface area contributed by atoms with Gasteiger partial charge in [-0.05, 0) is 56.8 Å². The number of nitrogens with zero attached hydrogens (tertiary/aromatic N) is 3. The predicted octanol–water partition coefficient (Wildman–Crippen LogP) is 5.53. The van der Waals surface area contributed by atoms with Crippen LogP contribution in [0.3, 0.4) is 0 Å². The molecule has 2 aromatic heterocycles. The Hall–Kier alpha value is -2.31. The maximum Gasteiger partial charge on any atom is 0.231 e. The van der Waals surface area contributed by atoms with Gasteiger partial charge < -0.3 is 4.74 Å². The molecule has 28 heavy (non-hydrogen) atoms. The quantitative estimate of drug-likeness (QED) is 0.467. The molecule has 0 amide bonds. The van der Waals surface area contributed by atoms with Gasteiger partial charge in [-0.1, -0.05) is 20.8 Å². The molecule has 0 aliphatic heterocycles. The lowest BCUT2D eigenvalue weighted by atomic mass is 10.1. The molecule has 0 radical (unpaired) electrons. The highest BCUT2D eigenvalue weighted by atomic mass is 32.1. The molecule has 3 rings (SSSR count). The number of hydrogen-bond donors (Lipinski definition) is 0. The second-order valence-corrected chi connectivity index (χ2v) is 7.98. The molecule has 0 saturated heterocycles. The fraction of sp³-hybridized carbons (Fsp3) is 0.409. The van der Waals surface area contributed by atoms with Crippen LogP contribution in [-0.4, -0.2) is 33.7 Å². The average molecular weight is 398 g/mol. The molecule has 0 fully saturated rings. The maximum absolute atomic E-state index is 11.8. The van der Waals surface area contributed by atoms with Crippen molar-refractivity contribution in [3.63, 3.8) is 0 Å². The monoisotopic (exact) mass is 397 g/mol. The first-order valence-corrected chi connectivity index (χ1v) is 10.6. The lowest BCUT2D eigenvalue weighted by Crippen LogP contribution is -2.23. The van der Waals surface area contributed by atoms with Gasteiger partial charge in [0.25, 0.3) is 0 Å². The van der Waals surface area contributed by atoms with Crippen molar-refractivity contribution in [1.29, 1.82) is 0 Å². The first kappa shape index (κ1) is 20.4. The van der Waals surface area contributed by atoms with E-state index in [0.717, 1.165) is 34.7 Å². The summed E-state index contributed by atoms with van der Waals surface area (Å²) in [7, 11) is 0. The first-order valence-electron chi connectivity index (χ1n) is 9.76. The van der Waals surface area contributed by atoms with Crippen molar-refractivity contribution in [2.45, 2.75) is 47.6 Å². The zero-order chi connectivity index (χ0) is 20.3. The van der Waals surface area contributed by atoms with Crippen LogP contribution in [0.25, 0.3) is 10.2 Å². The number of carbonyl (C=O) groups excluding carboxylic acids is 1. The molecule has 0 unspecified atom stereocenters. The molecule has 0 bridgehead atoms. The van der Waals surface area contributed by atoms with Gasteiger partial charge in [-0.3, -0.25) is 9.69 Å². The van der Waals surface area contributed by atoms with Crippen LogP contribution >= 0.6 is 11.3 Å². The molecule has 3 aromatic rings. The van der Waals surface area contributed by atoms with E-state index in [1.807, 2.05) is 31.2 Å². The Morgan fingerprint density at radius 3 is 2.36 bits per heavy atom. The molecule has 1 aromatic carbocycles. The zero-order valence-corrected chi connectivity index (χ0v) is 18.0. The van der Waals surface area contributed by atoms with Gasteiger partial charge in [-0.15, -0.1) is 11.3 Å². The van der Waals surface area contributed by atoms with E-state index in [0.29, 0.717) is 30.2 Å². The van der Waals surface area contributed by atoms with E-state index < -0.39 is 0 Å². The van der Waals surface area contributed by atoms with E-state index in [9.17, 15) is 4.79 Å². The summed E-state index contributed by atoms with van der Waals surface area (Å²) in [4.78, 5) is 25.8. The van der Waals surface area contributed by atoms with Crippen molar-refractivity contribution in [2.75, 3.05) is 13.1 Å². The van der Waals surface area contributed by atoms with Crippen molar-refractivity contribution in [1.82, 2.24) is 14.9 Å². The third kappa shape index (κ3) is 4.23. The van der Waals surface area contributed by atoms with E-state index in [2.05, 4.69) is 32.6 Å². The Morgan fingerprint density at radius 2 is 1.75 bits per heavy atom. The summed E-state index contributed by atoms with van der Waals surface area (Å²) in [5.74, 6) is 2.15. The van der Waals surface area contributed by atoms with Crippen LogP contribution < -0.4 is 4.74 Å². The predicted molar refractivity (Wildman–Crippen MR) is 115 cm³/mol. The number of Topliss-reactive ketones (excluding diaryl/α,β-unsaturated/α-hetero) is 1. The second-order valence-electron chi connectivity index (χ2n) is 6.77. The molecular formula is C22H27N3O2S.